The molecule has 0 aliphatic rings. The summed E-state index contributed by atoms with van der Waals surface area (Å²) in [6.07, 6.45) is 1.21. The van der Waals surface area contributed by atoms with Gasteiger partial charge in [-0.25, -0.2) is 4.98 Å². The van der Waals surface area contributed by atoms with Crippen molar-refractivity contribution in [2.24, 2.45) is 5.16 Å². The Balaban J connectivity index is 2.99. The highest BCUT2D eigenvalue weighted by atomic mass is 35.5. The Morgan fingerprint density at radius 3 is 2.73 bits per heavy atom. The van der Waals surface area contributed by atoms with Crippen LogP contribution in [0.25, 0.3) is 0 Å². The molecule has 0 bridgehead atoms. The van der Waals surface area contributed by atoms with Gasteiger partial charge in [-0.3, -0.25) is 0 Å². The quantitative estimate of drug-likeness (QED) is 0.380. The van der Waals surface area contributed by atoms with Crippen LogP contribution in [0, 0.1) is 0 Å². The second kappa shape index (κ2) is 3.21. The highest BCUT2D eigenvalue weighted by molar-refractivity contribution is 6.69. The predicted molar refractivity (Wildman–Crippen MR) is 40.1 cm³/mol. The number of aromatic nitrogens is 1. The lowest BCUT2D eigenvalue weighted by Crippen LogP contribution is -1.93. The minimum Gasteiger partial charge on any atom is -0.506 e. The molecule has 11 heavy (non-hydrogen) atoms. The van der Waals surface area contributed by atoms with Gasteiger partial charge >= 0.3 is 0 Å². The van der Waals surface area contributed by atoms with Crippen LogP contribution >= 0.6 is 11.6 Å². The molecule has 1 rings (SSSR count). The molecule has 4 nitrogen and oxygen atoms in total. The molecule has 1 aromatic rings. The van der Waals surface area contributed by atoms with E-state index in [0.29, 0.717) is 5.69 Å². The van der Waals surface area contributed by atoms with Crippen LogP contribution in [0.15, 0.2) is 23.5 Å². The van der Waals surface area contributed by atoms with E-state index >= 15 is 0 Å². The van der Waals surface area contributed by atoms with Gasteiger partial charge in [0.1, 0.15) is 11.4 Å². The molecule has 0 unspecified atom stereocenters. The van der Waals surface area contributed by atoms with Crippen molar-refractivity contribution in [2.75, 3.05) is 0 Å². The van der Waals surface area contributed by atoms with Gasteiger partial charge in [0, 0.05) is 0 Å². The van der Waals surface area contributed by atoms with E-state index in [-0.39, 0.29) is 10.9 Å². The average Bonchev–Trinajstić information content (AvgIpc) is 2.05. The average molecular weight is 173 g/mol. The van der Waals surface area contributed by atoms with Gasteiger partial charge in [0.25, 0.3) is 0 Å². The number of halogens is 1. The van der Waals surface area contributed by atoms with E-state index in [1.54, 1.807) is 0 Å². The molecule has 0 amide bonds. The van der Waals surface area contributed by atoms with Crippen LogP contribution < -0.4 is 0 Å². The minimum absolute atomic E-state index is 0.0381. The fourth-order valence-corrected chi connectivity index (χ4v) is 0.671. The maximum Gasteiger partial charge on any atom is 0.193 e. The summed E-state index contributed by atoms with van der Waals surface area (Å²) in [6, 6.07) is 2.84. The predicted octanol–water partition coefficient (Wildman–Crippen LogP) is 1.16. The van der Waals surface area contributed by atoms with E-state index in [2.05, 4.69) is 10.1 Å². The van der Waals surface area contributed by atoms with E-state index in [0.717, 1.165) is 0 Å². The van der Waals surface area contributed by atoms with Gasteiger partial charge in [0.05, 0.1) is 6.20 Å². The summed E-state index contributed by atoms with van der Waals surface area (Å²) in [5.74, 6) is 0.0381. The fraction of sp³-hybridized carbons (Fsp3) is 0. The van der Waals surface area contributed by atoms with Crippen LogP contribution in [-0.2, 0) is 0 Å². The molecule has 0 atom stereocenters. The molecule has 5 heteroatoms. The normalized spacial score (nSPS) is 11.5. The molecular weight excluding hydrogens is 168 g/mol. The Morgan fingerprint density at radius 1 is 1.55 bits per heavy atom. The Morgan fingerprint density at radius 2 is 2.27 bits per heavy atom. The zero-order valence-electron chi connectivity index (χ0n) is 5.40. The topological polar surface area (TPSA) is 65.7 Å². The molecule has 0 aliphatic heterocycles. The molecule has 0 spiro atoms. The summed E-state index contributed by atoms with van der Waals surface area (Å²) in [5, 5.41) is 19.6. The molecule has 0 aromatic carbocycles. The van der Waals surface area contributed by atoms with Crippen molar-refractivity contribution < 1.29 is 10.3 Å². The van der Waals surface area contributed by atoms with Crippen LogP contribution in [0.4, 0.5) is 0 Å². The van der Waals surface area contributed by atoms with Gasteiger partial charge in [-0.15, -0.1) is 0 Å². The fourth-order valence-electron chi connectivity index (χ4n) is 0.559. The first-order valence-corrected chi connectivity index (χ1v) is 3.15. The van der Waals surface area contributed by atoms with E-state index in [1.165, 1.54) is 18.3 Å². The monoisotopic (exact) mass is 172 g/mol. The Bertz CT molecular complexity index is 270. The lowest BCUT2D eigenvalue weighted by Gasteiger charge is -1.93. The minimum atomic E-state index is -0.106. The van der Waals surface area contributed by atoms with Gasteiger partial charge in [0.2, 0.25) is 0 Å². The molecule has 58 valence electrons. The molecule has 1 aromatic heterocycles. The summed E-state index contributed by atoms with van der Waals surface area (Å²) in [6.45, 7) is 0. The van der Waals surface area contributed by atoms with Gasteiger partial charge < -0.3 is 10.3 Å². The third-order valence-electron chi connectivity index (χ3n) is 1.05. The molecular formula is C6H5ClN2O2. The molecule has 0 fully saturated rings. The van der Waals surface area contributed by atoms with Crippen LogP contribution in [0.1, 0.15) is 5.69 Å². The zero-order chi connectivity index (χ0) is 8.27. The van der Waals surface area contributed by atoms with Crippen LogP contribution in [0.2, 0.25) is 0 Å². The molecule has 0 radical (unpaired) electrons. The number of oxime groups is 1. The Labute approximate surface area is 67.8 Å². The first kappa shape index (κ1) is 7.81. The number of hydrogen-bond acceptors (Lipinski definition) is 4. The number of hydrogen-bond donors (Lipinski definition) is 2. The van der Waals surface area contributed by atoms with E-state index in [4.69, 9.17) is 21.9 Å². The number of rotatable bonds is 1. The third-order valence-corrected chi connectivity index (χ3v) is 1.32. The molecule has 0 aliphatic carbocycles. The van der Waals surface area contributed by atoms with Crippen molar-refractivity contribution in [3.8, 4) is 5.75 Å². The molecule has 2 N–H and O–H groups in total. The molecule has 0 saturated carbocycles. The van der Waals surface area contributed by atoms with Gasteiger partial charge in [0.15, 0.2) is 5.17 Å². The molecule has 1 heterocycles. The lowest BCUT2D eigenvalue weighted by molar-refractivity contribution is 0.320. The van der Waals surface area contributed by atoms with Crippen molar-refractivity contribution in [1.29, 1.82) is 0 Å². The first-order valence-electron chi connectivity index (χ1n) is 2.77. The largest absolute Gasteiger partial charge is 0.506 e. The third kappa shape index (κ3) is 1.81. The summed E-state index contributed by atoms with van der Waals surface area (Å²) in [7, 11) is 0. The summed E-state index contributed by atoms with van der Waals surface area (Å²) < 4.78 is 0. The highest BCUT2D eigenvalue weighted by Crippen LogP contribution is 2.07. The summed E-state index contributed by atoms with van der Waals surface area (Å²) >= 11 is 5.40. The van der Waals surface area contributed by atoms with Crippen LogP contribution in [-0.4, -0.2) is 20.5 Å². The number of nitrogens with zero attached hydrogens (tertiary/aromatic N) is 2. The van der Waals surface area contributed by atoms with Gasteiger partial charge in [-0.1, -0.05) is 16.8 Å². The second-order valence-corrected chi connectivity index (χ2v) is 2.15. The number of aromatic hydroxyl groups is 1. The van der Waals surface area contributed by atoms with E-state index in [1.807, 2.05) is 0 Å². The first-order chi connectivity index (χ1) is 5.24. The van der Waals surface area contributed by atoms with Crippen molar-refractivity contribution >= 4 is 16.8 Å². The summed E-state index contributed by atoms with van der Waals surface area (Å²) in [5.41, 5.74) is 0.312. The lowest BCUT2D eigenvalue weighted by atomic mass is 10.3. The van der Waals surface area contributed by atoms with Crippen molar-refractivity contribution in [1.82, 2.24) is 4.98 Å². The van der Waals surface area contributed by atoms with Crippen LogP contribution in [0.5, 0.6) is 5.75 Å². The SMILES string of the molecule is O/N=C(/Cl)c1ccc(O)cn1. The maximum absolute atomic E-state index is 8.80. The summed E-state index contributed by atoms with van der Waals surface area (Å²) in [4.78, 5) is 3.68. The van der Waals surface area contributed by atoms with Crippen molar-refractivity contribution in [3.05, 3.63) is 24.0 Å². The molecule has 0 saturated heterocycles. The maximum atomic E-state index is 8.80. The van der Waals surface area contributed by atoms with Crippen LogP contribution in [0.3, 0.4) is 0 Å². The van der Waals surface area contributed by atoms with E-state index in [9.17, 15) is 0 Å². The van der Waals surface area contributed by atoms with E-state index < -0.39 is 0 Å². The van der Waals surface area contributed by atoms with Crippen molar-refractivity contribution in [2.45, 2.75) is 0 Å². The second-order valence-electron chi connectivity index (χ2n) is 1.79. The van der Waals surface area contributed by atoms with Gasteiger partial charge in [-0.05, 0) is 12.1 Å². The highest BCUT2D eigenvalue weighted by Gasteiger charge is 2.00. The standard InChI is InChI=1S/C6H5ClN2O2/c7-6(9-11)5-2-1-4(10)3-8-5/h1-3,10-11H/b9-6+. The van der Waals surface area contributed by atoms with Crippen molar-refractivity contribution in [3.63, 3.8) is 0 Å². The Hall–Kier alpha value is -1.29. The smallest absolute Gasteiger partial charge is 0.193 e. The number of pyridine rings is 1. The zero-order valence-corrected chi connectivity index (χ0v) is 6.15. The Kier molecular flexibility index (Phi) is 2.28. The van der Waals surface area contributed by atoms with Gasteiger partial charge in [-0.2, -0.15) is 0 Å².